The van der Waals surface area contributed by atoms with Crippen molar-refractivity contribution in [2.75, 3.05) is 0 Å². The molecule has 0 bridgehead atoms. The number of carbonyl (C=O) groups is 2. The highest BCUT2D eigenvalue weighted by Gasteiger charge is 2.39. The molecule has 0 radical (unpaired) electrons. The van der Waals surface area contributed by atoms with Gasteiger partial charge in [-0.1, -0.05) is 78.9 Å². The normalized spacial score (nSPS) is 16.1. The van der Waals surface area contributed by atoms with Gasteiger partial charge in [-0.15, -0.1) is 0 Å². The van der Waals surface area contributed by atoms with Gasteiger partial charge in [-0.2, -0.15) is 0 Å². The SMILES string of the molecule is CC(C)(C)NC(=O)C1=C(c2ccccc2)NC(Cc2c[nH]c3ccccc23)C(=O)N1Cc1ccccc1. The van der Waals surface area contributed by atoms with E-state index in [0.717, 1.165) is 27.6 Å². The van der Waals surface area contributed by atoms with Crippen molar-refractivity contribution in [3.05, 3.63) is 114 Å². The molecular formula is C31H32N4O2. The van der Waals surface area contributed by atoms with Gasteiger partial charge >= 0.3 is 0 Å². The largest absolute Gasteiger partial charge is 0.371 e. The zero-order valence-electron chi connectivity index (χ0n) is 21.4. The first-order chi connectivity index (χ1) is 17.8. The number of hydrogen-bond acceptors (Lipinski definition) is 3. The first-order valence-electron chi connectivity index (χ1n) is 12.6. The van der Waals surface area contributed by atoms with Crippen molar-refractivity contribution < 1.29 is 9.59 Å². The predicted molar refractivity (Wildman–Crippen MR) is 147 cm³/mol. The number of H-pyrrole nitrogens is 1. The summed E-state index contributed by atoms with van der Waals surface area (Å²) in [6.07, 6.45) is 2.45. The number of aromatic amines is 1. The van der Waals surface area contributed by atoms with Crippen LogP contribution < -0.4 is 10.6 Å². The van der Waals surface area contributed by atoms with E-state index in [9.17, 15) is 9.59 Å². The second-order valence-electron chi connectivity index (χ2n) is 10.5. The molecule has 3 N–H and O–H groups in total. The molecule has 1 unspecified atom stereocenters. The molecule has 0 saturated heterocycles. The van der Waals surface area contributed by atoms with Crippen molar-refractivity contribution in [2.24, 2.45) is 0 Å². The van der Waals surface area contributed by atoms with E-state index < -0.39 is 11.6 Å². The second kappa shape index (κ2) is 9.97. The van der Waals surface area contributed by atoms with Crippen LogP contribution in [-0.4, -0.2) is 33.3 Å². The van der Waals surface area contributed by atoms with Gasteiger partial charge in [0.25, 0.3) is 5.91 Å². The number of rotatable bonds is 6. The molecule has 1 aliphatic rings. The second-order valence-corrected chi connectivity index (χ2v) is 10.5. The van der Waals surface area contributed by atoms with Crippen LogP contribution in [0.1, 0.15) is 37.5 Å². The lowest BCUT2D eigenvalue weighted by Crippen LogP contribution is -2.55. The Bertz CT molecular complexity index is 1450. The summed E-state index contributed by atoms with van der Waals surface area (Å²) in [5.74, 6) is -0.415. The van der Waals surface area contributed by atoms with E-state index >= 15 is 0 Å². The summed E-state index contributed by atoms with van der Waals surface area (Å²) in [6.45, 7) is 6.11. The lowest BCUT2D eigenvalue weighted by molar-refractivity contribution is -0.135. The van der Waals surface area contributed by atoms with Gasteiger partial charge in [0.05, 0.1) is 12.2 Å². The number of amides is 2. The first kappa shape index (κ1) is 24.4. The van der Waals surface area contributed by atoms with Gasteiger partial charge < -0.3 is 15.6 Å². The van der Waals surface area contributed by atoms with Crippen LogP contribution >= 0.6 is 0 Å². The fourth-order valence-electron chi connectivity index (χ4n) is 4.78. The van der Waals surface area contributed by atoms with Crippen LogP contribution in [0.2, 0.25) is 0 Å². The molecule has 2 amide bonds. The summed E-state index contributed by atoms with van der Waals surface area (Å²) in [5, 5.41) is 7.63. The van der Waals surface area contributed by atoms with Crippen molar-refractivity contribution >= 4 is 28.4 Å². The highest BCUT2D eigenvalue weighted by atomic mass is 16.2. The molecule has 6 heteroatoms. The zero-order valence-corrected chi connectivity index (χ0v) is 21.4. The molecule has 5 rings (SSSR count). The fourth-order valence-corrected chi connectivity index (χ4v) is 4.78. The molecule has 1 aliphatic heterocycles. The molecule has 6 nitrogen and oxygen atoms in total. The van der Waals surface area contributed by atoms with Gasteiger partial charge in [0, 0.05) is 29.1 Å². The van der Waals surface area contributed by atoms with Crippen molar-refractivity contribution in [3.63, 3.8) is 0 Å². The molecule has 1 aromatic heterocycles. The Labute approximate surface area is 217 Å². The maximum Gasteiger partial charge on any atom is 0.270 e. The molecule has 0 fully saturated rings. The summed E-state index contributed by atoms with van der Waals surface area (Å²) < 4.78 is 0. The Morgan fingerprint density at radius 1 is 0.919 bits per heavy atom. The summed E-state index contributed by atoms with van der Waals surface area (Å²) in [6, 6.07) is 27.1. The summed E-state index contributed by atoms with van der Waals surface area (Å²) in [7, 11) is 0. The molecule has 0 saturated carbocycles. The monoisotopic (exact) mass is 492 g/mol. The van der Waals surface area contributed by atoms with Crippen LogP contribution in [0.3, 0.4) is 0 Å². The zero-order chi connectivity index (χ0) is 26.0. The number of carbonyl (C=O) groups excluding carboxylic acids is 2. The number of benzene rings is 3. The molecule has 1 atom stereocenters. The Balaban J connectivity index is 1.62. The van der Waals surface area contributed by atoms with Crippen molar-refractivity contribution in [2.45, 2.75) is 45.3 Å². The maximum atomic E-state index is 14.1. The Morgan fingerprint density at radius 3 is 2.27 bits per heavy atom. The van der Waals surface area contributed by atoms with Gasteiger partial charge in [0.2, 0.25) is 5.91 Å². The van der Waals surface area contributed by atoms with Gasteiger partial charge in [-0.3, -0.25) is 14.5 Å². The molecule has 188 valence electrons. The van der Waals surface area contributed by atoms with Crippen LogP contribution in [0, 0.1) is 0 Å². The van der Waals surface area contributed by atoms with Crippen molar-refractivity contribution in [3.8, 4) is 0 Å². The lowest BCUT2D eigenvalue weighted by atomic mass is 9.97. The average molecular weight is 493 g/mol. The van der Waals surface area contributed by atoms with E-state index in [1.807, 2.05) is 106 Å². The van der Waals surface area contributed by atoms with Crippen LogP contribution in [0.4, 0.5) is 0 Å². The van der Waals surface area contributed by atoms with Crippen LogP contribution in [0.5, 0.6) is 0 Å². The van der Waals surface area contributed by atoms with Crippen LogP contribution in [-0.2, 0) is 22.6 Å². The lowest BCUT2D eigenvalue weighted by Gasteiger charge is -2.38. The van der Waals surface area contributed by atoms with Gasteiger partial charge in [-0.05, 0) is 43.5 Å². The van der Waals surface area contributed by atoms with Crippen molar-refractivity contribution in [1.82, 2.24) is 20.5 Å². The Morgan fingerprint density at radius 2 is 1.57 bits per heavy atom. The highest BCUT2D eigenvalue weighted by molar-refractivity contribution is 6.07. The predicted octanol–water partition coefficient (Wildman–Crippen LogP) is 4.99. The van der Waals surface area contributed by atoms with Crippen LogP contribution in [0.15, 0.2) is 96.8 Å². The topological polar surface area (TPSA) is 77.2 Å². The molecule has 0 spiro atoms. The molecule has 3 aromatic carbocycles. The minimum Gasteiger partial charge on any atom is -0.371 e. The summed E-state index contributed by atoms with van der Waals surface area (Å²) in [4.78, 5) is 32.8. The van der Waals surface area contributed by atoms with E-state index in [2.05, 4.69) is 21.7 Å². The molecule has 37 heavy (non-hydrogen) atoms. The Kier molecular flexibility index (Phi) is 6.57. The van der Waals surface area contributed by atoms with Crippen LogP contribution in [0.25, 0.3) is 16.6 Å². The average Bonchev–Trinajstić information content (AvgIpc) is 3.29. The number of nitrogens with one attached hydrogen (secondary N) is 3. The number of hydrogen-bond donors (Lipinski definition) is 3. The molecule has 2 heterocycles. The highest BCUT2D eigenvalue weighted by Crippen LogP contribution is 2.30. The fraction of sp³-hybridized carbons (Fsp3) is 0.226. The smallest absolute Gasteiger partial charge is 0.270 e. The minimum absolute atomic E-state index is 0.132. The van der Waals surface area contributed by atoms with Crippen molar-refractivity contribution in [1.29, 1.82) is 0 Å². The number of nitrogens with zero attached hydrogens (tertiary/aromatic N) is 1. The van der Waals surface area contributed by atoms with Gasteiger partial charge in [-0.25, -0.2) is 0 Å². The summed E-state index contributed by atoms with van der Waals surface area (Å²) in [5.41, 5.74) is 4.43. The first-order valence-corrected chi connectivity index (χ1v) is 12.6. The number of para-hydroxylation sites is 1. The van der Waals surface area contributed by atoms with Gasteiger partial charge in [0.15, 0.2) is 0 Å². The van der Waals surface area contributed by atoms with E-state index in [1.165, 1.54) is 0 Å². The molecule has 0 aliphatic carbocycles. The minimum atomic E-state index is -0.538. The standard InChI is InChI=1S/C31H32N4O2/c1-31(2,3)34-29(36)28-27(22-14-8-5-9-15-22)33-26(18-23-19-32-25-17-11-10-16-24(23)25)30(37)35(28)20-21-12-6-4-7-13-21/h4-17,19,26,32-33H,18,20H2,1-3H3,(H,34,36). The number of aromatic nitrogens is 1. The Hall–Kier alpha value is -4.32. The quantitative estimate of drug-likeness (QED) is 0.355. The maximum absolute atomic E-state index is 14.1. The van der Waals surface area contributed by atoms with E-state index in [-0.39, 0.29) is 11.8 Å². The van der Waals surface area contributed by atoms with E-state index in [1.54, 1.807) is 4.90 Å². The summed E-state index contributed by atoms with van der Waals surface area (Å²) >= 11 is 0. The van der Waals surface area contributed by atoms with E-state index in [0.29, 0.717) is 24.4 Å². The van der Waals surface area contributed by atoms with E-state index in [4.69, 9.17) is 0 Å². The third-order valence-electron chi connectivity index (χ3n) is 6.44. The number of fused-ring (bicyclic) bond motifs is 1. The third-order valence-corrected chi connectivity index (χ3v) is 6.44. The molecule has 4 aromatic rings. The third kappa shape index (κ3) is 5.28. The molecular weight excluding hydrogens is 460 g/mol. The van der Waals surface area contributed by atoms with Gasteiger partial charge in [0.1, 0.15) is 11.7 Å².